The van der Waals surface area contributed by atoms with Crippen molar-refractivity contribution < 1.29 is 14.3 Å². The van der Waals surface area contributed by atoms with Crippen molar-refractivity contribution in [1.29, 1.82) is 0 Å². The van der Waals surface area contributed by atoms with Crippen LogP contribution in [0, 0.1) is 6.92 Å². The van der Waals surface area contributed by atoms with Gasteiger partial charge in [-0.1, -0.05) is 24.3 Å². The highest BCUT2D eigenvalue weighted by Gasteiger charge is 2.11. The zero-order chi connectivity index (χ0) is 13.8. The molecular weight excluding hydrogens is 242 g/mol. The molecule has 0 amide bonds. The third kappa shape index (κ3) is 2.68. The number of carbonyl (C=O) groups excluding carboxylic acids is 2. The number of hydrogen-bond acceptors (Lipinski definition) is 4. The number of aryl methyl sites for hydroxylation is 1. The molecule has 0 spiro atoms. The molecular formula is C15H13NO3. The van der Waals surface area contributed by atoms with Gasteiger partial charge in [0.2, 0.25) is 0 Å². The minimum atomic E-state index is -0.444. The van der Waals surface area contributed by atoms with Gasteiger partial charge < -0.3 is 4.74 Å². The molecule has 0 saturated carbocycles. The third-order valence-corrected chi connectivity index (χ3v) is 2.84. The van der Waals surface area contributed by atoms with Crippen LogP contribution < -0.4 is 0 Å². The van der Waals surface area contributed by atoms with Crippen molar-refractivity contribution in [1.82, 2.24) is 4.98 Å². The predicted octanol–water partition coefficient (Wildman–Crippen LogP) is 2.66. The van der Waals surface area contributed by atoms with Gasteiger partial charge in [0, 0.05) is 17.3 Å². The second kappa shape index (κ2) is 5.44. The Morgan fingerprint density at radius 3 is 2.42 bits per heavy atom. The zero-order valence-electron chi connectivity index (χ0n) is 10.7. The topological polar surface area (TPSA) is 56.3 Å². The Balaban J connectivity index is 2.38. The Bertz CT molecular complexity index is 618. The fourth-order valence-electron chi connectivity index (χ4n) is 1.80. The number of rotatable bonds is 3. The number of ether oxygens (including phenoxy) is 1. The lowest BCUT2D eigenvalue weighted by molar-refractivity contribution is 0.0593. The van der Waals surface area contributed by atoms with Gasteiger partial charge >= 0.3 is 5.97 Å². The molecule has 0 saturated heterocycles. The van der Waals surface area contributed by atoms with Crippen LogP contribution in [0.15, 0.2) is 36.5 Å². The molecule has 0 aliphatic carbocycles. The van der Waals surface area contributed by atoms with Gasteiger partial charge in [0.05, 0.1) is 7.11 Å². The zero-order valence-corrected chi connectivity index (χ0v) is 10.7. The summed E-state index contributed by atoms with van der Waals surface area (Å²) in [6, 6.07) is 9.04. The maximum atomic E-state index is 11.4. The number of esters is 1. The number of aromatic nitrogens is 1. The van der Waals surface area contributed by atoms with Crippen molar-refractivity contribution in [3.05, 3.63) is 53.3 Å². The van der Waals surface area contributed by atoms with Gasteiger partial charge in [-0.3, -0.25) is 4.79 Å². The van der Waals surface area contributed by atoms with Crippen LogP contribution in [0.4, 0.5) is 0 Å². The standard InChI is InChI=1S/C15H13NO3/c1-10-7-13(8-16-14(10)15(18)19-2)12-5-3-11(9-17)4-6-12/h3-9H,1-2H3. The van der Waals surface area contributed by atoms with Crippen LogP contribution in [-0.4, -0.2) is 24.3 Å². The second-order valence-corrected chi connectivity index (χ2v) is 4.12. The first-order chi connectivity index (χ1) is 9.15. The molecule has 0 atom stereocenters. The number of nitrogens with zero attached hydrogens (tertiary/aromatic N) is 1. The smallest absolute Gasteiger partial charge is 0.356 e. The molecule has 1 aromatic heterocycles. The first-order valence-corrected chi connectivity index (χ1v) is 5.76. The lowest BCUT2D eigenvalue weighted by atomic mass is 10.0. The van der Waals surface area contributed by atoms with Crippen LogP contribution in [-0.2, 0) is 4.74 Å². The Hall–Kier alpha value is -2.49. The molecule has 0 aliphatic rings. The highest BCUT2D eigenvalue weighted by atomic mass is 16.5. The van der Waals surface area contributed by atoms with Gasteiger partial charge in [-0.05, 0) is 24.1 Å². The van der Waals surface area contributed by atoms with Gasteiger partial charge in [-0.25, -0.2) is 9.78 Å². The maximum Gasteiger partial charge on any atom is 0.356 e. The van der Waals surface area contributed by atoms with E-state index in [2.05, 4.69) is 9.72 Å². The molecule has 19 heavy (non-hydrogen) atoms. The molecule has 0 bridgehead atoms. The number of benzene rings is 1. The fraction of sp³-hybridized carbons (Fsp3) is 0.133. The molecule has 4 nitrogen and oxygen atoms in total. The SMILES string of the molecule is COC(=O)c1ncc(-c2ccc(C=O)cc2)cc1C. The summed E-state index contributed by atoms with van der Waals surface area (Å²) in [4.78, 5) is 26.2. The van der Waals surface area contributed by atoms with E-state index >= 15 is 0 Å². The number of carbonyl (C=O) groups is 2. The molecule has 0 N–H and O–H groups in total. The van der Waals surface area contributed by atoms with Crippen LogP contribution in [0.5, 0.6) is 0 Å². The molecule has 0 unspecified atom stereocenters. The largest absolute Gasteiger partial charge is 0.464 e. The van der Waals surface area contributed by atoms with Crippen LogP contribution in [0.2, 0.25) is 0 Å². The van der Waals surface area contributed by atoms with Gasteiger partial charge in [0.1, 0.15) is 6.29 Å². The first kappa shape index (κ1) is 13.0. The normalized spacial score (nSPS) is 10.0. The summed E-state index contributed by atoms with van der Waals surface area (Å²) in [7, 11) is 1.33. The maximum absolute atomic E-state index is 11.4. The van der Waals surface area contributed by atoms with E-state index in [0.717, 1.165) is 23.0 Å². The number of pyridine rings is 1. The van der Waals surface area contributed by atoms with Crippen LogP contribution >= 0.6 is 0 Å². The van der Waals surface area contributed by atoms with Gasteiger partial charge in [-0.15, -0.1) is 0 Å². The van der Waals surface area contributed by atoms with E-state index in [1.807, 2.05) is 25.1 Å². The van der Waals surface area contributed by atoms with Crippen molar-refractivity contribution in [3.8, 4) is 11.1 Å². The minimum absolute atomic E-state index is 0.316. The molecule has 1 heterocycles. The molecule has 2 rings (SSSR count). The summed E-state index contributed by atoms with van der Waals surface area (Å²) in [5, 5.41) is 0. The summed E-state index contributed by atoms with van der Waals surface area (Å²) in [5.74, 6) is -0.444. The minimum Gasteiger partial charge on any atom is -0.464 e. The number of hydrogen-bond donors (Lipinski definition) is 0. The van der Waals surface area contributed by atoms with Crippen molar-refractivity contribution in [2.24, 2.45) is 0 Å². The lowest BCUT2D eigenvalue weighted by Crippen LogP contribution is -2.06. The Morgan fingerprint density at radius 2 is 1.89 bits per heavy atom. The number of methoxy groups -OCH3 is 1. The van der Waals surface area contributed by atoms with E-state index in [1.165, 1.54) is 7.11 Å². The Labute approximate surface area is 111 Å². The summed E-state index contributed by atoms with van der Waals surface area (Å²) in [5.41, 5.74) is 3.53. The quantitative estimate of drug-likeness (QED) is 0.625. The average molecular weight is 255 g/mol. The predicted molar refractivity (Wildman–Crippen MR) is 71.1 cm³/mol. The fourth-order valence-corrected chi connectivity index (χ4v) is 1.80. The van der Waals surface area contributed by atoms with Gasteiger partial charge in [-0.2, -0.15) is 0 Å². The van der Waals surface area contributed by atoms with Crippen molar-refractivity contribution in [2.45, 2.75) is 6.92 Å². The summed E-state index contributed by atoms with van der Waals surface area (Å²) in [6.07, 6.45) is 2.42. The van der Waals surface area contributed by atoms with Crippen LogP contribution in [0.1, 0.15) is 26.4 Å². The summed E-state index contributed by atoms with van der Waals surface area (Å²) < 4.78 is 4.65. The second-order valence-electron chi connectivity index (χ2n) is 4.12. The van der Waals surface area contributed by atoms with E-state index in [4.69, 9.17) is 0 Å². The van der Waals surface area contributed by atoms with E-state index < -0.39 is 5.97 Å². The lowest BCUT2D eigenvalue weighted by Gasteiger charge is -2.06. The number of aldehydes is 1. The monoisotopic (exact) mass is 255 g/mol. The van der Waals surface area contributed by atoms with Gasteiger partial charge in [0.25, 0.3) is 0 Å². The molecule has 1 aromatic carbocycles. The van der Waals surface area contributed by atoms with E-state index in [1.54, 1.807) is 18.3 Å². The van der Waals surface area contributed by atoms with Crippen LogP contribution in [0.3, 0.4) is 0 Å². The summed E-state index contributed by atoms with van der Waals surface area (Å²) >= 11 is 0. The van der Waals surface area contributed by atoms with Gasteiger partial charge in [0.15, 0.2) is 5.69 Å². The van der Waals surface area contributed by atoms with Crippen molar-refractivity contribution in [3.63, 3.8) is 0 Å². The van der Waals surface area contributed by atoms with Crippen molar-refractivity contribution >= 4 is 12.3 Å². The van der Waals surface area contributed by atoms with Crippen LogP contribution in [0.25, 0.3) is 11.1 Å². The molecule has 0 fully saturated rings. The summed E-state index contributed by atoms with van der Waals surface area (Å²) in [6.45, 7) is 1.81. The Kier molecular flexibility index (Phi) is 3.71. The molecule has 0 radical (unpaired) electrons. The highest BCUT2D eigenvalue weighted by molar-refractivity contribution is 5.89. The molecule has 2 aromatic rings. The van der Waals surface area contributed by atoms with E-state index in [-0.39, 0.29) is 0 Å². The third-order valence-electron chi connectivity index (χ3n) is 2.84. The van der Waals surface area contributed by atoms with E-state index in [9.17, 15) is 9.59 Å². The average Bonchev–Trinajstić information content (AvgIpc) is 2.46. The Morgan fingerprint density at radius 1 is 1.21 bits per heavy atom. The van der Waals surface area contributed by atoms with E-state index in [0.29, 0.717) is 11.3 Å². The first-order valence-electron chi connectivity index (χ1n) is 5.76. The molecule has 96 valence electrons. The molecule has 0 aliphatic heterocycles. The highest BCUT2D eigenvalue weighted by Crippen LogP contribution is 2.21. The van der Waals surface area contributed by atoms with Crippen molar-refractivity contribution in [2.75, 3.05) is 7.11 Å². The molecule has 4 heteroatoms.